The average Bonchev–Trinajstić information content (AvgIpc) is 3.24. The Hall–Kier alpha value is -3.27. The van der Waals surface area contributed by atoms with Gasteiger partial charge in [0.15, 0.2) is 0 Å². The lowest BCUT2D eigenvalue weighted by molar-refractivity contribution is -0.130. The van der Waals surface area contributed by atoms with Crippen LogP contribution < -0.4 is 19.7 Å². The van der Waals surface area contributed by atoms with Gasteiger partial charge in [-0.2, -0.15) is 0 Å². The molecule has 10 heteroatoms. The summed E-state index contributed by atoms with van der Waals surface area (Å²) in [5.74, 6) is 0.236. The Kier molecular flexibility index (Phi) is 6.81. The molecule has 3 aliphatic rings. The highest BCUT2D eigenvalue weighted by atomic mass is 32.2. The third kappa shape index (κ3) is 4.23. The first-order valence-corrected chi connectivity index (χ1v) is 15.1. The van der Waals surface area contributed by atoms with Crippen LogP contribution in [0, 0.1) is 16.2 Å². The van der Waals surface area contributed by atoms with Crippen molar-refractivity contribution in [1.29, 1.82) is 0 Å². The highest BCUT2D eigenvalue weighted by Gasteiger charge is 2.71. The summed E-state index contributed by atoms with van der Waals surface area (Å²) in [5, 5.41) is 16.3. The number of piperidine rings is 1. The predicted molar refractivity (Wildman–Crippen MR) is 152 cm³/mol. The van der Waals surface area contributed by atoms with E-state index in [2.05, 4.69) is 40.9 Å². The molecule has 9 nitrogen and oxygen atoms in total. The van der Waals surface area contributed by atoms with Gasteiger partial charge in [0.05, 0.1) is 29.6 Å². The standard InChI is InChI=1S/C29H38N4O5S/c1-27(2)28(3)14-15-29(27,19-25(28)31-35)26(34)30-20-12-13-22(33-16-8-5-9-17-33)24(18-20)39(36,37)32-21-10-6-7-11-23(21)38-4/h6-7,10-13,18,32,35H,5,8-9,14-17,19H2,1-4H3,(H,30,34)/b31-25+. The van der Waals surface area contributed by atoms with E-state index in [-0.39, 0.29) is 16.2 Å². The molecule has 210 valence electrons. The van der Waals surface area contributed by atoms with Gasteiger partial charge in [-0.15, -0.1) is 0 Å². The SMILES string of the molecule is COc1ccccc1NS(=O)(=O)c1cc(NC(=O)C23CCC(C)(/C(=N/O)C2)C3(C)C)ccc1N1CCCCC1. The second kappa shape index (κ2) is 9.73. The molecule has 5 rings (SSSR count). The number of rotatable bonds is 7. The summed E-state index contributed by atoms with van der Waals surface area (Å²) in [6.07, 6.45) is 4.90. The summed E-state index contributed by atoms with van der Waals surface area (Å²) in [4.78, 5) is 16.1. The Morgan fingerprint density at radius 1 is 1.05 bits per heavy atom. The molecule has 2 aromatic rings. The molecule has 2 unspecified atom stereocenters. The molecule has 1 amide bonds. The summed E-state index contributed by atoms with van der Waals surface area (Å²) in [7, 11) is -2.54. The Morgan fingerprint density at radius 3 is 2.44 bits per heavy atom. The van der Waals surface area contributed by atoms with Crippen molar-refractivity contribution in [3.63, 3.8) is 0 Å². The minimum Gasteiger partial charge on any atom is -0.495 e. The number of benzene rings is 2. The van der Waals surface area contributed by atoms with Crippen molar-refractivity contribution in [2.24, 2.45) is 21.4 Å². The van der Waals surface area contributed by atoms with Crippen molar-refractivity contribution in [2.45, 2.75) is 64.2 Å². The molecule has 1 aliphatic heterocycles. The van der Waals surface area contributed by atoms with E-state index in [0.29, 0.717) is 41.4 Å². The van der Waals surface area contributed by atoms with E-state index in [1.54, 1.807) is 42.5 Å². The number of sulfonamides is 1. The second-order valence-electron chi connectivity index (χ2n) is 11.8. The van der Waals surface area contributed by atoms with Crippen LogP contribution in [0.2, 0.25) is 0 Å². The van der Waals surface area contributed by atoms with E-state index in [4.69, 9.17) is 4.74 Å². The summed E-state index contributed by atoms with van der Waals surface area (Å²) in [6.45, 7) is 7.71. The molecule has 2 atom stereocenters. The average molecular weight is 555 g/mol. The Balaban J connectivity index is 1.51. The molecular formula is C29H38N4O5S. The number of anilines is 3. The lowest BCUT2D eigenvalue weighted by Crippen LogP contribution is -2.43. The van der Waals surface area contributed by atoms with Crippen LogP contribution in [0.15, 0.2) is 52.5 Å². The van der Waals surface area contributed by atoms with Crippen LogP contribution in [0.5, 0.6) is 5.75 Å². The molecule has 2 aromatic carbocycles. The van der Waals surface area contributed by atoms with E-state index >= 15 is 0 Å². The van der Waals surface area contributed by atoms with Crippen LogP contribution in [-0.4, -0.2) is 45.4 Å². The fourth-order valence-electron chi connectivity index (χ4n) is 6.92. The van der Waals surface area contributed by atoms with Crippen molar-refractivity contribution in [3.05, 3.63) is 42.5 Å². The number of hydrogen-bond donors (Lipinski definition) is 3. The largest absolute Gasteiger partial charge is 0.495 e. The highest BCUT2D eigenvalue weighted by molar-refractivity contribution is 7.93. The first-order chi connectivity index (χ1) is 18.5. The zero-order valence-electron chi connectivity index (χ0n) is 23.1. The van der Waals surface area contributed by atoms with E-state index in [1.807, 2.05) is 0 Å². The van der Waals surface area contributed by atoms with Crippen molar-refractivity contribution in [3.8, 4) is 5.75 Å². The van der Waals surface area contributed by atoms with Gasteiger partial charge in [0, 0.05) is 30.6 Å². The van der Waals surface area contributed by atoms with Gasteiger partial charge >= 0.3 is 0 Å². The number of methoxy groups -OCH3 is 1. The second-order valence-corrected chi connectivity index (χ2v) is 13.4. The molecule has 3 fully saturated rings. The first kappa shape index (κ1) is 27.3. The molecule has 0 radical (unpaired) electrons. The molecule has 1 heterocycles. The lowest BCUT2D eigenvalue weighted by Gasteiger charge is -2.39. The first-order valence-electron chi connectivity index (χ1n) is 13.6. The van der Waals surface area contributed by atoms with Gasteiger partial charge < -0.3 is 20.2 Å². The van der Waals surface area contributed by atoms with Gasteiger partial charge in [-0.3, -0.25) is 9.52 Å². The fourth-order valence-corrected chi connectivity index (χ4v) is 8.24. The molecule has 1 saturated heterocycles. The monoisotopic (exact) mass is 554 g/mol. The Bertz CT molecular complexity index is 1420. The van der Waals surface area contributed by atoms with Crippen LogP contribution in [-0.2, 0) is 14.8 Å². The number of nitrogens with zero attached hydrogens (tertiary/aromatic N) is 2. The number of oxime groups is 1. The van der Waals surface area contributed by atoms with Crippen molar-refractivity contribution < 1.29 is 23.2 Å². The minimum absolute atomic E-state index is 0.102. The molecule has 39 heavy (non-hydrogen) atoms. The topological polar surface area (TPSA) is 120 Å². The summed E-state index contributed by atoms with van der Waals surface area (Å²) < 4.78 is 35.7. The van der Waals surface area contributed by atoms with Gasteiger partial charge in [-0.1, -0.05) is 38.1 Å². The van der Waals surface area contributed by atoms with Crippen LogP contribution >= 0.6 is 0 Å². The van der Waals surface area contributed by atoms with Crippen molar-refractivity contribution >= 4 is 38.7 Å². The van der Waals surface area contributed by atoms with Crippen molar-refractivity contribution in [2.75, 3.05) is 35.1 Å². The third-order valence-electron chi connectivity index (χ3n) is 9.84. The summed E-state index contributed by atoms with van der Waals surface area (Å²) in [6, 6.07) is 12.0. The van der Waals surface area contributed by atoms with E-state index in [9.17, 15) is 18.4 Å². The Morgan fingerprint density at radius 2 is 1.77 bits per heavy atom. The predicted octanol–water partition coefficient (Wildman–Crippen LogP) is 5.47. The lowest BCUT2D eigenvalue weighted by atomic mass is 9.64. The zero-order valence-corrected chi connectivity index (χ0v) is 23.9. The van der Waals surface area contributed by atoms with Gasteiger partial charge in [-0.25, -0.2) is 8.42 Å². The molecule has 2 bridgehead atoms. The van der Waals surface area contributed by atoms with Gasteiger partial charge in [-0.05, 0) is 67.9 Å². The van der Waals surface area contributed by atoms with Crippen LogP contribution in [0.4, 0.5) is 17.1 Å². The van der Waals surface area contributed by atoms with Gasteiger partial charge in [0.1, 0.15) is 10.6 Å². The van der Waals surface area contributed by atoms with Crippen LogP contribution in [0.25, 0.3) is 0 Å². The summed E-state index contributed by atoms with van der Waals surface area (Å²) >= 11 is 0. The number of carbonyl (C=O) groups is 1. The van der Waals surface area contributed by atoms with Crippen molar-refractivity contribution in [1.82, 2.24) is 0 Å². The maximum absolute atomic E-state index is 13.9. The summed E-state index contributed by atoms with van der Waals surface area (Å²) in [5.41, 5.74) is 0.463. The molecule has 0 aromatic heterocycles. The maximum Gasteiger partial charge on any atom is 0.264 e. The molecule has 3 N–H and O–H groups in total. The fraction of sp³-hybridized carbons (Fsp3) is 0.517. The van der Waals surface area contributed by atoms with E-state index < -0.39 is 20.9 Å². The van der Waals surface area contributed by atoms with Crippen LogP contribution in [0.3, 0.4) is 0 Å². The maximum atomic E-state index is 13.9. The van der Waals surface area contributed by atoms with E-state index in [1.165, 1.54) is 7.11 Å². The quantitative estimate of drug-likeness (QED) is 0.308. The molecule has 0 spiro atoms. The number of hydrogen-bond acceptors (Lipinski definition) is 7. The number of amides is 1. The van der Waals surface area contributed by atoms with Gasteiger partial charge in [0.25, 0.3) is 10.0 Å². The van der Waals surface area contributed by atoms with E-state index in [0.717, 1.165) is 38.8 Å². The number of para-hydroxylation sites is 2. The third-order valence-corrected chi connectivity index (χ3v) is 11.2. The van der Waals surface area contributed by atoms with Crippen LogP contribution in [0.1, 0.15) is 59.3 Å². The number of ether oxygens (including phenoxy) is 1. The van der Waals surface area contributed by atoms with Gasteiger partial charge in [0.2, 0.25) is 5.91 Å². The normalized spacial score (nSPS) is 27.0. The molecule has 2 saturated carbocycles. The zero-order chi connectivity index (χ0) is 28.1. The number of nitrogens with one attached hydrogen (secondary N) is 2. The number of carbonyl (C=O) groups excluding carboxylic acids is 1. The highest BCUT2D eigenvalue weighted by Crippen LogP contribution is 2.71. The minimum atomic E-state index is -4.04. The molecular weight excluding hydrogens is 516 g/mol. The smallest absolute Gasteiger partial charge is 0.264 e. The number of fused-ring (bicyclic) bond motifs is 2. The Labute approximate surface area is 230 Å². The molecule has 2 aliphatic carbocycles.